The van der Waals surface area contributed by atoms with Crippen molar-refractivity contribution in [2.24, 2.45) is 0 Å². The first-order valence-electron chi connectivity index (χ1n) is 9.00. The normalized spacial score (nSPS) is 13.9. The number of hydrogen-bond donors (Lipinski definition) is 0. The van der Waals surface area contributed by atoms with Crippen molar-refractivity contribution in [3.05, 3.63) is 64.8 Å². The molecule has 0 saturated carbocycles. The van der Waals surface area contributed by atoms with Crippen LogP contribution in [0.3, 0.4) is 0 Å². The minimum absolute atomic E-state index is 0.114. The number of pyridine rings is 1. The average molecular weight is 482 g/mol. The average Bonchev–Trinajstić information content (AvgIpc) is 2.70. The predicted molar refractivity (Wildman–Crippen MR) is 114 cm³/mol. The molecule has 2 aromatic carbocycles. The van der Waals surface area contributed by atoms with E-state index in [0.29, 0.717) is 5.75 Å². The molecule has 154 valence electrons. The van der Waals surface area contributed by atoms with E-state index in [2.05, 4.69) is 20.9 Å². The van der Waals surface area contributed by atoms with Crippen molar-refractivity contribution < 1.29 is 22.3 Å². The van der Waals surface area contributed by atoms with Crippen molar-refractivity contribution in [2.45, 2.75) is 30.3 Å². The number of hydrogen-bond acceptors (Lipinski definition) is 5. The predicted octanol–water partition coefficient (Wildman–Crippen LogP) is 4.86. The van der Waals surface area contributed by atoms with Crippen LogP contribution in [0.5, 0.6) is 5.75 Å². The van der Waals surface area contributed by atoms with Crippen LogP contribution in [0.15, 0.2) is 64.0 Å². The highest BCUT2D eigenvalue weighted by Gasteiger charge is 2.27. The highest BCUT2D eigenvalue weighted by molar-refractivity contribution is 9.10. The summed E-state index contributed by atoms with van der Waals surface area (Å²) in [4.78, 5) is 4.55. The van der Waals surface area contributed by atoms with Gasteiger partial charge in [-0.25, -0.2) is 12.8 Å². The lowest BCUT2D eigenvalue weighted by atomic mass is 10.2. The van der Waals surface area contributed by atoms with Crippen LogP contribution in [0.25, 0.3) is 10.9 Å². The zero-order chi connectivity index (χ0) is 21.0. The summed E-state index contributed by atoms with van der Waals surface area (Å²) < 4.78 is 50.6. The molecule has 0 fully saturated rings. The molecule has 0 radical (unpaired) electrons. The van der Waals surface area contributed by atoms with Crippen LogP contribution in [-0.4, -0.2) is 38.2 Å². The van der Waals surface area contributed by atoms with Gasteiger partial charge in [-0.05, 0) is 56.3 Å². The Morgan fingerprint density at radius 2 is 1.79 bits per heavy atom. The quantitative estimate of drug-likeness (QED) is 0.459. The molecular formula is C21H21BrFNO4S. The summed E-state index contributed by atoms with van der Waals surface area (Å²) in [6.45, 7) is 2.30. The number of rotatable bonds is 8. The Morgan fingerprint density at radius 1 is 1.10 bits per heavy atom. The Kier molecular flexibility index (Phi) is 6.87. The number of fused-ring (bicyclic) bond motifs is 1. The van der Waals surface area contributed by atoms with Gasteiger partial charge in [0.1, 0.15) is 25.1 Å². The van der Waals surface area contributed by atoms with Crippen molar-refractivity contribution in [1.29, 1.82) is 0 Å². The molecule has 2 atom stereocenters. The standard InChI is InChI=1S/C21H21BrFNO4S/c1-14-3-4-16-5-8-18(11-21(16)24-14)27-13-19(12-23)28-15(2)29(25,26)20-9-6-17(22)7-10-20/h3-11,15,19H,12-13H2,1-2H3. The van der Waals surface area contributed by atoms with Gasteiger partial charge in [0.05, 0.1) is 10.4 Å². The number of halogens is 2. The van der Waals surface area contributed by atoms with E-state index in [1.807, 2.05) is 25.1 Å². The zero-order valence-corrected chi connectivity index (χ0v) is 18.4. The monoisotopic (exact) mass is 481 g/mol. The molecule has 29 heavy (non-hydrogen) atoms. The third-order valence-electron chi connectivity index (χ3n) is 4.37. The van der Waals surface area contributed by atoms with Gasteiger partial charge < -0.3 is 9.47 Å². The number of nitrogens with zero attached hydrogens (tertiary/aromatic N) is 1. The van der Waals surface area contributed by atoms with Gasteiger partial charge in [0.25, 0.3) is 0 Å². The third kappa shape index (κ3) is 5.32. The molecule has 0 N–H and O–H groups in total. The fourth-order valence-electron chi connectivity index (χ4n) is 2.76. The number of benzene rings is 2. The second-order valence-electron chi connectivity index (χ2n) is 6.60. The van der Waals surface area contributed by atoms with Gasteiger partial charge in [-0.2, -0.15) is 0 Å². The summed E-state index contributed by atoms with van der Waals surface area (Å²) in [7, 11) is -3.75. The van der Waals surface area contributed by atoms with E-state index in [9.17, 15) is 12.8 Å². The first-order chi connectivity index (χ1) is 13.8. The molecule has 0 saturated heterocycles. The number of aromatic nitrogens is 1. The second kappa shape index (κ2) is 9.19. The highest BCUT2D eigenvalue weighted by Crippen LogP contribution is 2.22. The molecule has 1 heterocycles. The third-order valence-corrected chi connectivity index (χ3v) is 6.82. The van der Waals surface area contributed by atoms with Crippen molar-refractivity contribution in [2.75, 3.05) is 13.3 Å². The summed E-state index contributed by atoms with van der Waals surface area (Å²) >= 11 is 3.27. The van der Waals surface area contributed by atoms with Gasteiger partial charge in [0.15, 0.2) is 5.44 Å². The van der Waals surface area contributed by atoms with E-state index < -0.39 is 28.1 Å². The molecule has 3 aromatic rings. The topological polar surface area (TPSA) is 65.5 Å². The lowest BCUT2D eigenvalue weighted by Gasteiger charge is -2.21. The van der Waals surface area contributed by atoms with Crippen molar-refractivity contribution >= 4 is 36.7 Å². The van der Waals surface area contributed by atoms with Crippen LogP contribution in [0.1, 0.15) is 12.6 Å². The van der Waals surface area contributed by atoms with Crippen LogP contribution in [0.2, 0.25) is 0 Å². The molecule has 0 aliphatic carbocycles. The molecule has 8 heteroatoms. The van der Waals surface area contributed by atoms with Crippen molar-refractivity contribution in [3.8, 4) is 5.75 Å². The Balaban J connectivity index is 1.66. The van der Waals surface area contributed by atoms with E-state index in [0.717, 1.165) is 21.1 Å². The Hall–Kier alpha value is -2.03. The summed E-state index contributed by atoms with van der Waals surface area (Å²) in [5.74, 6) is 0.515. The first kappa shape index (κ1) is 21.7. The molecule has 0 spiro atoms. The minimum atomic E-state index is -3.75. The van der Waals surface area contributed by atoms with Crippen molar-refractivity contribution in [1.82, 2.24) is 4.98 Å². The van der Waals surface area contributed by atoms with Gasteiger partial charge >= 0.3 is 0 Å². The number of ether oxygens (including phenoxy) is 2. The summed E-state index contributed by atoms with van der Waals surface area (Å²) in [6.07, 6.45) is -1.02. The van der Waals surface area contributed by atoms with Crippen LogP contribution in [0, 0.1) is 6.92 Å². The fraction of sp³-hybridized carbons (Fsp3) is 0.286. The van der Waals surface area contributed by atoms with Crippen LogP contribution < -0.4 is 4.74 Å². The van der Waals surface area contributed by atoms with E-state index in [1.54, 1.807) is 24.3 Å². The van der Waals surface area contributed by atoms with E-state index in [1.165, 1.54) is 19.1 Å². The molecule has 3 rings (SSSR count). The Morgan fingerprint density at radius 3 is 2.48 bits per heavy atom. The maximum Gasteiger partial charge on any atom is 0.204 e. The summed E-state index contributed by atoms with van der Waals surface area (Å²) in [5.41, 5.74) is 0.437. The second-order valence-corrected chi connectivity index (χ2v) is 9.74. The van der Waals surface area contributed by atoms with Gasteiger partial charge in [0.2, 0.25) is 9.84 Å². The molecule has 5 nitrogen and oxygen atoms in total. The zero-order valence-electron chi connectivity index (χ0n) is 16.0. The minimum Gasteiger partial charge on any atom is -0.491 e. The summed E-state index contributed by atoms with van der Waals surface area (Å²) in [6, 6.07) is 15.5. The smallest absolute Gasteiger partial charge is 0.204 e. The molecular weight excluding hydrogens is 461 g/mol. The first-order valence-corrected chi connectivity index (χ1v) is 11.3. The maximum absolute atomic E-state index is 13.5. The lowest BCUT2D eigenvalue weighted by molar-refractivity contribution is -0.00517. The number of sulfone groups is 1. The van der Waals surface area contributed by atoms with E-state index in [-0.39, 0.29) is 11.5 Å². The largest absolute Gasteiger partial charge is 0.491 e. The molecule has 2 unspecified atom stereocenters. The maximum atomic E-state index is 13.5. The highest BCUT2D eigenvalue weighted by atomic mass is 79.9. The van der Waals surface area contributed by atoms with Crippen LogP contribution >= 0.6 is 15.9 Å². The van der Waals surface area contributed by atoms with Gasteiger partial charge in [-0.15, -0.1) is 0 Å². The Bertz CT molecular complexity index is 1090. The molecule has 0 aliphatic rings. The van der Waals surface area contributed by atoms with E-state index in [4.69, 9.17) is 9.47 Å². The number of alkyl halides is 1. The molecule has 0 aliphatic heterocycles. The molecule has 1 aromatic heterocycles. The lowest BCUT2D eigenvalue weighted by Crippen LogP contribution is -2.32. The van der Waals surface area contributed by atoms with Crippen LogP contribution in [0.4, 0.5) is 4.39 Å². The number of aryl methyl sites for hydroxylation is 1. The van der Waals surface area contributed by atoms with Gasteiger partial charge in [-0.3, -0.25) is 4.98 Å². The fourth-order valence-corrected chi connectivity index (χ4v) is 4.22. The summed E-state index contributed by atoms with van der Waals surface area (Å²) in [5, 5.41) is 0.968. The van der Waals surface area contributed by atoms with Gasteiger partial charge in [0, 0.05) is 21.6 Å². The van der Waals surface area contributed by atoms with Gasteiger partial charge in [-0.1, -0.05) is 22.0 Å². The van der Waals surface area contributed by atoms with E-state index >= 15 is 0 Å². The van der Waals surface area contributed by atoms with Crippen molar-refractivity contribution in [3.63, 3.8) is 0 Å². The van der Waals surface area contributed by atoms with Crippen LogP contribution in [-0.2, 0) is 14.6 Å². The SMILES string of the molecule is Cc1ccc2ccc(OCC(CF)OC(C)S(=O)(=O)c3ccc(Br)cc3)cc2n1. The molecule has 0 bridgehead atoms. The Labute approximate surface area is 177 Å². The molecule has 0 amide bonds.